The predicted molar refractivity (Wildman–Crippen MR) is 201 cm³/mol. The lowest BCUT2D eigenvalue weighted by molar-refractivity contribution is -0.128. The fourth-order valence-electron chi connectivity index (χ4n) is 11.9. The quantitative estimate of drug-likeness (QED) is 0.134. The molecule has 5 aliphatic rings. The smallest absolute Gasteiger partial charge is 0.160 e. The number of benzene rings is 3. The number of hydrogen-bond acceptors (Lipinski definition) is 9. The SMILES string of the molecule is CNC[C@H]1C[C@H]2CC[C@@H]3NC[C@H]4C#C[C@H](Cc5ccccc5)[C@@H](c5cc(OC)c(O)cc5CO)CC(=O)C[C@H](O)[C@@H]4[C@@]34c3cc(O)c(O)cc3[C@@H]1C[C@@H]24. The van der Waals surface area contributed by atoms with Crippen LogP contribution in [0.25, 0.3) is 0 Å². The molecule has 0 aromatic heterocycles. The number of aromatic hydroxyl groups is 3. The van der Waals surface area contributed by atoms with Gasteiger partial charge in [-0.1, -0.05) is 42.2 Å². The number of hydrogen-bond donors (Lipinski definition) is 7. The normalized spacial score (nSPS) is 34.5. The molecule has 3 aromatic carbocycles. The molecule has 280 valence electrons. The third-order valence-electron chi connectivity index (χ3n) is 13.9. The molecule has 1 spiro atoms. The summed E-state index contributed by atoms with van der Waals surface area (Å²) in [6.07, 6.45) is 3.61. The molecule has 2 bridgehead atoms. The standard InChI is InChI=1S/C44H52N2O7/c1-45-21-28-13-26-10-11-42-44(35(26)17-32(28)34-18-37(49)38(50)20-36(34)44)43-27(22-46-42)9-8-25(12-24-6-4-3-5-7-24)31(15-30(48)16-40(43)52)33-19-41(53-2)39(51)14-29(33)23-47/h3-7,14,18-20,25-28,31-32,35,40,42-43,45-47,49-52H,10-13,15-17,21-23H2,1-2H3/t25-,26-,27-,28-,31+,32-,35+,40+,42+,43-,44+/m1/s1. The molecule has 9 nitrogen and oxygen atoms in total. The average molecular weight is 721 g/mol. The van der Waals surface area contributed by atoms with Crippen LogP contribution in [0.3, 0.4) is 0 Å². The van der Waals surface area contributed by atoms with E-state index in [1.165, 1.54) is 13.2 Å². The van der Waals surface area contributed by atoms with Gasteiger partial charge in [-0.05, 0) is 121 Å². The highest BCUT2D eigenvalue weighted by Gasteiger charge is 2.66. The number of fused-ring (bicyclic) bond motifs is 4. The molecule has 4 aliphatic carbocycles. The Bertz CT molecular complexity index is 1920. The fraction of sp³-hybridized carbons (Fsp3) is 0.523. The van der Waals surface area contributed by atoms with Gasteiger partial charge in [0.05, 0.1) is 19.8 Å². The number of methoxy groups -OCH3 is 1. The van der Waals surface area contributed by atoms with Crippen LogP contribution in [0, 0.1) is 47.3 Å². The van der Waals surface area contributed by atoms with Gasteiger partial charge in [-0.2, -0.15) is 0 Å². The van der Waals surface area contributed by atoms with Crippen LogP contribution in [-0.2, 0) is 23.2 Å². The number of carbonyl (C=O) groups is 1. The summed E-state index contributed by atoms with van der Waals surface area (Å²) in [5.41, 5.74) is 3.74. The maximum absolute atomic E-state index is 14.4. The second-order valence-corrected chi connectivity index (χ2v) is 16.4. The van der Waals surface area contributed by atoms with Crippen LogP contribution in [0.15, 0.2) is 54.6 Å². The highest BCUT2D eigenvalue weighted by atomic mass is 16.5. The van der Waals surface area contributed by atoms with Gasteiger partial charge in [-0.15, -0.1) is 0 Å². The zero-order valence-electron chi connectivity index (χ0n) is 30.6. The second kappa shape index (κ2) is 14.3. The fourth-order valence-corrected chi connectivity index (χ4v) is 11.9. The zero-order chi connectivity index (χ0) is 37.0. The minimum atomic E-state index is -0.987. The Kier molecular flexibility index (Phi) is 9.69. The van der Waals surface area contributed by atoms with Crippen molar-refractivity contribution in [2.45, 2.75) is 80.9 Å². The molecular weight excluding hydrogens is 668 g/mol. The van der Waals surface area contributed by atoms with Crippen molar-refractivity contribution in [3.63, 3.8) is 0 Å². The van der Waals surface area contributed by atoms with Gasteiger partial charge < -0.3 is 40.9 Å². The highest BCUT2D eigenvalue weighted by Crippen LogP contribution is 2.67. The lowest BCUT2D eigenvalue weighted by Crippen LogP contribution is -2.71. The van der Waals surface area contributed by atoms with E-state index >= 15 is 0 Å². The Morgan fingerprint density at radius 2 is 1.74 bits per heavy atom. The average Bonchev–Trinajstić information content (AvgIpc) is 3.15. The lowest BCUT2D eigenvalue weighted by atomic mass is 9.39. The van der Waals surface area contributed by atoms with E-state index in [9.17, 15) is 30.3 Å². The number of Topliss-reactive ketones (excluding diaryl/α,β-unsaturated/α-hetero) is 1. The van der Waals surface area contributed by atoms with E-state index in [0.29, 0.717) is 35.9 Å². The molecular formula is C44H52N2O7. The first-order valence-electron chi connectivity index (χ1n) is 19.4. The molecule has 0 radical (unpaired) electrons. The molecule has 0 amide bonds. The number of nitrogens with one attached hydrogen (secondary N) is 2. The summed E-state index contributed by atoms with van der Waals surface area (Å²) in [7, 11) is 3.47. The summed E-state index contributed by atoms with van der Waals surface area (Å²) in [6, 6.07) is 16.9. The number of ether oxygens (including phenoxy) is 1. The number of carbonyl (C=O) groups excluding carboxylic acids is 1. The van der Waals surface area contributed by atoms with Crippen molar-refractivity contribution >= 4 is 5.78 Å². The van der Waals surface area contributed by atoms with Crippen LogP contribution in [-0.4, -0.2) is 70.7 Å². The first kappa shape index (κ1) is 35.9. The van der Waals surface area contributed by atoms with E-state index in [0.717, 1.165) is 48.9 Å². The molecule has 1 heterocycles. The molecule has 8 rings (SSSR count). The van der Waals surface area contributed by atoms with E-state index in [1.807, 2.05) is 25.2 Å². The van der Waals surface area contributed by atoms with E-state index in [4.69, 9.17) is 4.74 Å². The van der Waals surface area contributed by atoms with Gasteiger partial charge in [0.2, 0.25) is 0 Å². The number of phenols is 3. The lowest BCUT2D eigenvalue weighted by Gasteiger charge is -2.67. The van der Waals surface area contributed by atoms with Crippen LogP contribution in [0.4, 0.5) is 0 Å². The van der Waals surface area contributed by atoms with E-state index in [1.54, 1.807) is 18.2 Å². The Morgan fingerprint density at radius 1 is 0.943 bits per heavy atom. The molecule has 7 N–H and O–H groups in total. The van der Waals surface area contributed by atoms with E-state index in [-0.39, 0.29) is 83.9 Å². The van der Waals surface area contributed by atoms with E-state index < -0.39 is 17.4 Å². The van der Waals surface area contributed by atoms with Crippen LogP contribution in [0.2, 0.25) is 0 Å². The number of ketones is 1. The molecule has 1 saturated heterocycles. The summed E-state index contributed by atoms with van der Waals surface area (Å²) < 4.78 is 5.49. The molecule has 11 atom stereocenters. The van der Waals surface area contributed by atoms with Crippen LogP contribution >= 0.6 is 0 Å². The minimum absolute atomic E-state index is 0.0217. The molecule has 1 aliphatic heterocycles. The van der Waals surface area contributed by atoms with Crippen molar-refractivity contribution in [2.24, 2.45) is 35.5 Å². The highest BCUT2D eigenvalue weighted by molar-refractivity contribution is 5.80. The molecule has 53 heavy (non-hydrogen) atoms. The molecule has 0 unspecified atom stereocenters. The Balaban J connectivity index is 1.30. The molecule has 3 fully saturated rings. The topological polar surface area (TPSA) is 152 Å². The Morgan fingerprint density at radius 3 is 2.49 bits per heavy atom. The summed E-state index contributed by atoms with van der Waals surface area (Å²) in [5, 5.41) is 63.0. The van der Waals surface area contributed by atoms with Gasteiger partial charge >= 0.3 is 0 Å². The number of aliphatic hydroxyl groups excluding tert-OH is 2. The Hall–Kier alpha value is -4.07. The van der Waals surface area contributed by atoms with Crippen molar-refractivity contribution in [2.75, 3.05) is 27.2 Å². The monoisotopic (exact) mass is 720 g/mol. The van der Waals surface area contributed by atoms with Gasteiger partial charge in [0.1, 0.15) is 5.78 Å². The Labute approximate surface area is 311 Å². The zero-order valence-corrected chi connectivity index (χ0v) is 30.6. The summed E-state index contributed by atoms with van der Waals surface area (Å²) in [4.78, 5) is 14.4. The molecule has 2 saturated carbocycles. The summed E-state index contributed by atoms with van der Waals surface area (Å²) >= 11 is 0. The number of phenolic OH excluding ortho intramolecular Hbond substituents is 3. The van der Waals surface area contributed by atoms with Crippen molar-refractivity contribution in [3.8, 4) is 34.8 Å². The van der Waals surface area contributed by atoms with Gasteiger partial charge in [-0.25, -0.2) is 0 Å². The predicted octanol–water partition coefficient (Wildman–Crippen LogP) is 4.87. The third kappa shape index (κ3) is 5.99. The largest absolute Gasteiger partial charge is 0.504 e. The maximum Gasteiger partial charge on any atom is 0.160 e. The first-order chi connectivity index (χ1) is 25.7. The van der Waals surface area contributed by atoms with Gasteiger partial charge in [0.15, 0.2) is 23.0 Å². The van der Waals surface area contributed by atoms with E-state index in [2.05, 4.69) is 34.6 Å². The number of piperidine rings is 1. The third-order valence-corrected chi connectivity index (χ3v) is 13.9. The van der Waals surface area contributed by atoms with Crippen molar-refractivity contribution in [1.82, 2.24) is 10.6 Å². The van der Waals surface area contributed by atoms with Gasteiger partial charge in [0.25, 0.3) is 0 Å². The maximum atomic E-state index is 14.4. The van der Waals surface area contributed by atoms with Crippen molar-refractivity contribution < 1.29 is 35.1 Å². The van der Waals surface area contributed by atoms with Crippen LogP contribution in [0.5, 0.6) is 23.0 Å². The second-order valence-electron chi connectivity index (χ2n) is 16.4. The van der Waals surface area contributed by atoms with Crippen molar-refractivity contribution in [1.29, 1.82) is 0 Å². The summed E-state index contributed by atoms with van der Waals surface area (Å²) in [6.45, 7) is 1.10. The van der Waals surface area contributed by atoms with Crippen LogP contribution in [0.1, 0.15) is 78.2 Å². The minimum Gasteiger partial charge on any atom is -0.504 e. The number of aliphatic hydroxyl groups is 2. The molecule has 3 aromatic rings. The van der Waals surface area contributed by atoms with Crippen LogP contribution < -0.4 is 15.4 Å². The first-order valence-corrected chi connectivity index (χ1v) is 19.4. The van der Waals surface area contributed by atoms with Crippen molar-refractivity contribution in [3.05, 3.63) is 82.4 Å². The summed E-state index contributed by atoms with van der Waals surface area (Å²) in [5.74, 6) is 7.02. The van der Waals surface area contributed by atoms with Gasteiger partial charge in [-0.3, -0.25) is 4.79 Å². The van der Waals surface area contributed by atoms with Gasteiger partial charge in [0, 0.05) is 54.5 Å². The number of rotatable bonds is 7. The molecule has 9 heteroatoms.